The molecule has 2 aromatic heterocycles. The number of carbonyl (C=O) groups is 2. The number of ether oxygens (including phenoxy) is 2. The molecule has 1 unspecified atom stereocenters. The van der Waals surface area contributed by atoms with E-state index >= 15 is 0 Å². The molecule has 0 fully saturated rings. The summed E-state index contributed by atoms with van der Waals surface area (Å²) in [5.41, 5.74) is 2.40. The first-order chi connectivity index (χ1) is 17.8. The zero-order valence-electron chi connectivity index (χ0n) is 21.0. The van der Waals surface area contributed by atoms with Crippen LogP contribution in [0.2, 0.25) is 0 Å². The van der Waals surface area contributed by atoms with Gasteiger partial charge in [0.25, 0.3) is 11.8 Å². The molecule has 2 N–H and O–H groups in total. The van der Waals surface area contributed by atoms with Gasteiger partial charge < -0.3 is 29.1 Å². The number of hydrogen-bond donors (Lipinski definition) is 2. The topological polar surface area (TPSA) is 96.8 Å². The number of nitrogens with zero attached hydrogens (tertiary/aromatic N) is 1. The summed E-state index contributed by atoms with van der Waals surface area (Å²) in [5.74, 6) is 0.929. The highest BCUT2D eigenvalue weighted by molar-refractivity contribution is 5.97. The molecule has 1 aliphatic heterocycles. The van der Waals surface area contributed by atoms with E-state index in [0.717, 1.165) is 16.8 Å². The molecule has 8 nitrogen and oxygen atoms in total. The van der Waals surface area contributed by atoms with E-state index in [4.69, 9.17) is 13.9 Å². The van der Waals surface area contributed by atoms with Gasteiger partial charge in [-0.05, 0) is 68.3 Å². The first kappa shape index (κ1) is 24.2. The van der Waals surface area contributed by atoms with Crippen molar-refractivity contribution in [3.05, 3.63) is 96.1 Å². The molecule has 4 aromatic rings. The second kappa shape index (κ2) is 9.89. The van der Waals surface area contributed by atoms with Crippen molar-refractivity contribution in [2.24, 2.45) is 0 Å². The fourth-order valence-electron chi connectivity index (χ4n) is 4.29. The molecule has 0 saturated heterocycles. The second-order valence-electron chi connectivity index (χ2n) is 9.93. The maximum Gasteiger partial charge on any atom is 0.271 e. The van der Waals surface area contributed by atoms with Gasteiger partial charge in [0.2, 0.25) is 6.79 Å². The molecule has 1 aliphatic rings. The molecule has 0 spiro atoms. The van der Waals surface area contributed by atoms with Crippen LogP contribution in [0.5, 0.6) is 11.5 Å². The predicted molar refractivity (Wildman–Crippen MR) is 138 cm³/mol. The summed E-state index contributed by atoms with van der Waals surface area (Å²) >= 11 is 0. The van der Waals surface area contributed by atoms with Crippen LogP contribution in [-0.2, 0) is 11.3 Å². The highest BCUT2D eigenvalue weighted by Crippen LogP contribution is 2.34. The van der Waals surface area contributed by atoms with E-state index in [1.807, 2.05) is 69.3 Å². The third-order valence-corrected chi connectivity index (χ3v) is 5.92. The van der Waals surface area contributed by atoms with Gasteiger partial charge in [0.1, 0.15) is 11.5 Å². The van der Waals surface area contributed by atoms with Crippen LogP contribution < -0.4 is 14.8 Å². The third kappa shape index (κ3) is 5.38. The van der Waals surface area contributed by atoms with Gasteiger partial charge in [-0.1, -0.05) is 36.4 Å². The van der Waals surface area contributed by atoms with Crippen molar-refractivity contribution in [1.29, 1.82) is 0 Å². The van der Waals surface area contributed by atoms with Crippen LogP contribution in [0.15, 0.2) is 83.5 Å². The van der Waals surface area contributed by atoms with Crippen molar-refractivity contribution in [2.75, 3.05) is 6.79 Å². The number of aromatic amines is 1. The third-order valence-electron chi connectivity index (χ3n) is 5.92. The maximum atomic E-state index is 14.1. The number of aromatic nitrogens is 1. The molecule has 0 bridgehead atoms. The fourth-order valence-corrected chi connectivity index (χ4v) is 4.29. The van der Waals surface area contributed by atoms with Crippen LogP contribution in [0.25, 0.3) is 11.3 Å². The summed E-state index contributed by atoms with van der Waals surface area (Å²) in [6.07, 6.45) is 1.50. The van der Waals surface area contributed by atoms with Crippen LogP contribution in [0.4, 0.5) is 0 Å². The van der Waals surface area contributed by atoms with Crippen LogP contribution in [0.3, 0.4) is 0 Å². The number of carbonyl (C=O) groups excluding carboxylic acids is 2. The average Bonchev–Trinajstić information content (AvgIpc) is 3.64. The summed E-state index contributed by atoms with van der Waals surface area (Å²) in [7, 11) is 0. The largest absolute Gasteiger partial charge is 0.467 e. The molecule has 5 rings (SSSR count). The standard InChI is InChI=1S/C29H29N3O5/c1-29(2,3)31-27(33)26(24-10-7-15-35-24)32(17-19-11-14-23-25(16-19)37-18-36-23)28(34)22-13-12-21(30-22)20-8-5-4-6-9-20/h4-16,26,30H,17-18H2,1-3H3,(H,31,33). The van der Waals surface area contributed by atoms with Crippen molar-refractivity contribution in [1.82, 2.24) is 15.2 Å². The van der Waals surface area contributed by atoms with Gasteiger partial charge in [0.15, 0.2) is 17.5 Å². The Morgan fingerprint density at radius 2 is 1.76 bits per heavy atom. The van der Waals surface area contributed by atoms with Crippen molar-refractivity contribution in [3.63, 3.8) is 0 Å². The normalized spacial score (nSPS) is 13.3. The van der Waals surface area contributed by atoms with Crippen molar-refractivity contribution < 1.29 is 23.5 Å². The van der Waals surface area contributed by atoms with E-state index < -0.39 is 11.6 Å². The number of furan rings is 1. The predicted octanol–water partition coefficient (Wildman–Crippen LogP) is 5.30. The zero-order valence-corrected chi connectivity index (χ0v) is 21.0. The number of benzene rings is 2. The Labute approximate surface area is 215 Å². The Morgan fingerprint density at radius 3 is 2.49 bits per heavy atom. The van der Waals surface area contributed by atoms with Crippen molar-refractivity contribution in [3.8, 4) is 22.8 Å². The molecular formula is C29H29N3O5. The van der Waals surface area contributed by atoms with Crippen LogP contribution in [-0.4, -0.2) is 34.0 Å². The molecule has 0 aliphatic carbocycles. The summed E-state index contributed by atoms with van der Waals surface area (Å²) in [4.78, 5) is 32.4. The zero-order chi connectivity index (χ0) is 26.0. The number of fused-ring (bicyclic) bond motifs is 1. The Bertz CT molecular complexity index is 1390. The number of H-pyrrole nitrogens is 1. The quantitative estimate of drug-likeness (QED) is 0.360. The van der Waals surface area contributed by atoms with Crippen LogP contribution in [0, 0.1) is 0 Å². The van der Waals surface area contributed by atoms with E-state index in [1.54, 1.807) is 24.3 Å². The van der Waals surface area contributed by atoms with Crippen molar-refractivity contribution in [2.45, 2.75) is 38.9 Å². The first-order valence-corrected chi connectivity index (χ1v) is 12.1. The van der Waals surface area contributed by atoms with Gasteiger partial charge in [-0.2, -0.15) is 0 Å². The Hall–Kier alpha value is -4.46. The lowest BCUT2D eigenvalue weighted by Gasteiger charge is -2.32. The summed E-state index contributed by atoms with van der Waals surface area (Å²) < 4.78 is 16.6. The molecule has 2 aromatic carbocycles. The van der Waals surface area contributed by atoms with Gasteiger partial charge in [-0.3, -0.25) is 9.59 Å². The Kier molecular flexibility index (Phi) is 6.48. The fraction of sp³-hybridized carbons (Fsp3) is 0.241. The molecule has 3 heterocycles. The number of hydrogen-bond acceptors (Lipinski definition) is 5. The summed E-state index contributed by atoms with van der Waals surface area (Å²) in [6.45, 7) is 5.97. The molecule has 2 amide bonds. The average molecular weight is 500 g/mol. The van der Waals surface area contributed by atoms with E-state index in [-0.39, 0.29) is 25.2 Å². The Balaban J connectivity index is 1.54. The van der Waals surface area contributed by atoms with Gasteiger partial charge in [-0.25, -0.2) is 0 Å². The van der Waals surface area contributed by atoms with Crippen LogP contribution >= 0.6 is 0 Å². The lowest BCUT2D eigenvalue weighted by molar-refractivity contribution is -0.128. The molecule has 8 heteroatoms. The molecule has 37 heavy (non-hydrogen) atoms. The molecule has 190 valence electrons. The van der Waals surface area contributed by atoms with Gasteiger partial charge in [0, 0.05) is 17.8 Å². The second-order valence-corrected chi connectivity index (χ2v) is 9.93. The van der Waals surface area contributed by atoms with Gasteiger partial charge in [-0.15, -0.1) is 0 Å². The van der Waals surface area contributed by atoms with E-state index in [0.29, 0.717) is 23.0 Å². The highest BCUT2D eigenvalue weighted by atomic mass is 16.7. The van der Waals surface area contributed by atoms with Gasteiger partial charge in [0.05, 0.1) is 6.26 Å². The number of rotatable bonds is 7. The lowest BCUT2D eigenvalue weighted by Crippen LogP contribution is -2.49. The van der Waals surface area contributed by atoms with Crippen molar-refractivity contribution >= 4 is 11.8 Å². The first-order valence-electron chi connectivity index (χ1n) is 12.1. The number of nitrogens with one attached hydrogen (secondary N) is 2. The monoisotopic (exact) mass is 499 g/mol. The molecule has 0 radical (unpaired) electrons. The summed E-state index contributed by atoms with van der Waals surface area (Å²) in [5, 5.41) is 3.01. The van der Waals surface area contributed by atoms with E-state index in [2.05, 4.69) is 10.3 Å². The maximum absolute atomic E-state index is 14.1. The number of amides is 2. The minimum atomic E-state index is -1.00. The highest BCUT2D eigenvalue weighted by Gasteiger charge is 2.36. The van der Waals surface area contributed by atoms with E-state index in [1.165, 1.54) is 11.2 Å². The Morgan fingerprint density at radius 1 is 0.973 bits per heavy atom. The molecule has 0 saturated carbocycles. The molecular weight excluding hydrogens is 470 g/mol. The smallest absolute Gasteiger partial charge is 0.271 e. The van der Waals surface area contributed by atoms with Crippen LogP contribution in [0.1, 0.15) is 48.6 Å². The minimum Gasteiger partial charge on any atom is -0.467 e. The van der Waals surface area contributed by atoms with Gasteiger partial charge >= 0.3 is 0 Å². The molecule has 1 atom stereocenters. The SMILES string of the molecule is CC(C)(C)NC(=O)C(c1ccco1)N(Cc1ccc2c(c1)OCO2)C(=O)c1ccc(-c2ccccc2)[nH]1. The van der Waals surface area contributed by atoms with E-state index in [9.17, 15) is 9.59 Å². The minimum absolute atomic E-state index is 0.137. The summed E-state index contributed by atoms with van der Waals surface area (Å²) in [6, 6.07) is 21.2. The lowest BCUT2D eigenvalue weighted by atomic mass is 10.0.